The predicted octanol–water partition coefficient (Wildman–Crippen LogP) is 2.38. The highest BCUT2D eigenvalue weighted by Crippen LogP contribution is 2.20. The number of nitrogens with zero attached hydrogens (tertiary/aromatic N) is 2. The lowest BCUT2D eigenvalue weighted by Gasteiger charge is -2.32. The molecule has 5 nitrogen and oxygen atoms in total. The molecule has 2 rings (SSSR count). The molecule has 0 aliphatic carbocycles. The number of hydrogen-bond acceptors (Lipinski definition) is 4. The maximum Gasteiger partial charge on any atom is 0.236 e. The van der Waals surface area contributed by atoms with Crippen molar-refractivity contribution >= 4 is 16.1 Å². The predicted molar refractivity (Wildman–Crippen MR) is 85.2 cm³/mol. The van der Waals surface area contributed by atoms with Crippen molar-refractivity contribution < 1.29 is 13.2 Å². The number of sulfonamides is 1. The van der Waals surface area contributed by atoms with Crippen LogP contribution in [-0.2, 0) is 14.8 Å². The molecule has 1 saturated heterocycles. The first-order chi connectivity index (χ1) is 10.6. The van der Waals surface area contributed by atoms with E-state index in [1.165, 1.54) is 9.71 Å². The van der Waals surface area contributed by atoms with Crippen LogP contribution in [0.5, 0.6) is 0 Å². The number of nitriles is 1. The summed E-state index contributed by atoms with van der Waals surface area (Å²) in [6, 6.07) is 11.2. The molecule has 1 aromatic carbocycles. The van der Waals surface area contributed by atoms with Crippen molar-refractivity contribution in [1.29, 1.82) is 5.26 Å². The smallest absolute Gasteiger partial charge is 0.236 e. The fraction of sp³-hybridized carbons (Fsp3) is 0.438. The number of rotatable bonds is 6. The van der Waals surface area contributed by atoms with Crippen molar-refractivity contribution in [2.45, 2.75) is 25.3 Å². The fourth-order valence-corrected chi connectivity index (χ4v) is 3.92. The average Bonchev–Trinajstić information content (AvgIpc) is 2.55. The van der Waals surface area contributed by atoms with E-state index in [4.69, 9.17) is 10.00 Å². The summed E-state index contributed by atoms with van der Waals surface area (Å²) >= 11 is 0. The van der Waals surface area contributed by atoms with Crippen LogP contribution >= 0.6 is 0 Å². The fourth-order valence-electron chi connectivity index (χ4n) is 2.46. The topological polar surface area (TPSA) is 70.4 Å². The average molecular weight is 320 g/mol. The normalized spacial score (nSPS) is 16.9. The molecule has 0 saturated carbocycles. The van der Waals surface area contributed by atoms with E-state index in [1.807, 2.05) is 36.4 Å². The molecule has 1 fully saturated rings. The molecule has 1 aliphatic rings. The van der Waals surface area contributed by atoms with Crippen LogP contribution in [0, 0.1) is 11.3 Å². The minimum Gasteiger partial charge on any atom is -0.381 e. The van der Waals surface area contributed by atoms with Crippen LogP contribution in [-0.4, -0.2) is 38.5 Å². The summed E-state index contributed by atoms with van der Waals surface area (Å²) in [4.78, 5) is 0. The number of ether oxygens (including phenoxy) is 1. The van der Waals surface area contributed by atoms with Gasteiger partial charge in [-0.15, -0.1) is 0 Å². The quantitative estimate of drug-likeness (QED) is 0.807. The first-order valence-corrected chi connectivity index (χ1v) is 8.83. The molecule has 0 radical (unpaired) electrons. The Balaban J connectivity index is 2.17. The molecule has 0 N–H and O–H groups in total. The van der Waals surface area contributed by atoms with E-state index in [2.05, 4.69) is 0 Å². The zero-order valence-electron chi connectivity index (χ0n) is 12.4. The summed E-state index contributed by atoms with van der Waals surface area (Å²) in [6.45, 7) is 1.35. The molecule has 0 atom stereocenters. The summed E-state index contributed by atoms with van der Waals surface area (Å²) in [7, 11) is -3.55. The molecule has 0 spiro atoms. The Bertz CT molecular complexity index is 629. The largest absolute Gasteiger partial charge is 0.381 e. The SMILES string of the molecule is N#CCCN(C1CCOCC1)S(=O)(=O)/C=C/c1ccccc1. The number of benzene rings is 1. The van der Waals surface area contributed by atoms with Gasteiger partial charge in [0.25, 0.3) is 0 Å². The third kappa shape index (κ3) is 4.67. The van der Waals surface area contributed by atoms with Crippen molar-refractivity contribution in [3.63, 3.8) is 0 Å². The lowest BCUT2D eigenvalue weighted by Crippen LogP contribution is -2.43. The van der Waals surface area contributed by atoms with E-state index < -0.39 is 10.0 Å². The molecular weight excluding hydrogens is 300 g/mol. The first-order valence-electron chi connectivity index (χ1n) is 7.33. The molecule has 0 unspecified atom stereocenters. The molecule has 1 aromatic rings. The van der Waals surface area contributed by atoms with Gasteiger partial charge >= 0.3 is 0 Å². The van der Waals surface area contributed by atoms with Crippen LogP contribution < -0.4 is 0 Å². The minimum atomic E-state index is -3.55. The summed E-state index contributed by atoms with van der Waals surface area (Å²) in [5.74, 6) is 0. The van der Waals surface area contributed by atoms with E-state index in [0.717, 1.165) is 5.56 Å². The van der Waals surface area contributed by atoms with Crippen molar-refractivity contribution in [2.24, 2.45) is 0 Å². The van der Waals surface area contributed by atoms with Gasteiger partial charge in [0.05, 0.1) is 6.07 Å². The van der Waals surface area contributed by atoms with Gasteiger partial charge in [0.2, 0.25) is 10.0 Å². The van der Waals surface area contributed by atoms with E-state index in [9.17, 15) is 8.42 Å². The molecule has 6 heteroatoms. The van der Waals surface area contributed by atoms with Crippen molar-refractivity contribution in [3.8, 4) is 6.07 Å². The Morgan fingerprint density at radius 3 is 2.59 bits per heavy atom. The second kappa shape index (κ2) is 8.08. The number of hydrogen-bond donors (Lipinski definition) is 0. The second-order valence-corrected chi connectivity index (χ2v) is 6.89. The highest BCUT2D eigenvalue weighted by atomic mass is 32.2. The summed E-state index contributed by atoms with van der Waals surface area (Å²) < 4.78 is 31.9. The Morgan fingerprint density at radius 2 is 1.95 bits per heavy atom. The van der Waals surface area contributed by atoms with Gasteiger partial charge in [0, 0.05) is 37.6 Å². The van der Waals surface area contributed by atoms with Crippen molar-refractivity contribution in [3.05, 3.63) is 41.3 Å². The van der Waals surface area contributed by atoms with Gasteiger partial charge < -0.3 is 4.74 Å². The van der Waals surface area contributed by atoms with Gasteiger partial charge in [-0.1, -0.05) is 30.3 Å². The first kappa shape index (κ1) is 16.7. The molecule has 0 aromatic heterocycles. The zero-order chi connectivity index (χ0) is 15.8. The van der Waals surface area contributed by atoms with Crippen LogP contribution in [0.4, 0.5) is 0 Å². The van der Waals surface area contributed by atoms with Crippen LogP contribution in [0.1, 0.15) is 24.8 Å². The molecule has 1 heterocycles. The minimum absolute atomic E-state index is 0.0903. The van der Waals surface area contributed by atoms with E-state index in [1.54, 1.807) is 6.08 Å². The Labute approximate surface area is 131 Å². The van der Waals surface area contributed by atoms with Gasteiger partial charge in [-0.05, 0) is 24.5 Å². The standard InChI is InChI=1S/C16H20N2O3S/c17-10-4-11-18(16-7-12-21-13-8-16)22(19,20)14-9-15-5-2-1-3-6-15/h1-3,5-6,9,14,16H,4,7-8,11-13H2/b14-9+. The maximum atomic E-state index is 12.6. The highest BCUT2D eigenvalue weighted by molar-refractivity contribution is 7.92. The third-order valence-electron chi connectivity index (χ3n) is 3.60. The molecular formula is C16H20N2O3S. The summed E-state index contributed by atoms with van der Waals surface area (Å²) in [6.07, 6.45) is 3.12. The van der Waals surface area contributed by atoms with Crippen LogP contribution in [0.3, 0.4) is 0 Å². The Morgan fingerprint density at radius 1 is 1.27 bits per heavy atom. The van der Waals surface area contributed by atoms with Crippen molar-refractivity contribution in [1.82, 2.24) is 4.31 Å². The van der Waals surface area contributed by atoms with E-state index in [0.29, 0.717) is 26.1 Å². The van der Waals surface area contributed by atoms with E-state index >= 15 is 0 Å². The molecule has 0 amide bonds. The lowest BCUT2D eigenvalue weighted by molar-refractivity contribution is 0.0592. The highest BCUT2D eigenvalue weighted by Gasteiger charge is 2.29. The van der Waals surface area contributed by atoms with Crippen molar-refractivity contribution in [2.75, 3.05) is 19.8 Å². The van der Waals surface area contributed by atoms with Gasteiger partial charge in [0.1, 0.15) is 0 Å². The van der Waals surface area contributed by atoms with Gasteiger partial charge in [0.15, 0.2) is 0 Å². The maximum absolute atomic E-state index is 12.6. The molecule has 22 heavy (non-hydrogen) atoms. The second-order valence-electron chi connectivity index (χ2n) is 5.12. The summed E-state index contributed by atoms with van der Waals surface area (Å²) in [5.41, 5.74) is 0.832. The summed E-state index contributed by atoms with van der Waals surface area (Å²) in [5, 5.41) is 10.0. The lowest BCUT2D eigenvalue weighted by atomic mass is 10.1. The molecule has 0 bridgehead atoms. The van der Waals surface area contributed by atoms with Gasteiger partial charge in [-0.2, -0.15) is 9.57 Å². The molecule has 1 aliphatic heterocycles. The van der Waals surface area contributed by atoms with Crippen LogP contribution in [0.15, 0.2) is 35.7 Å². The van der Waals surface area contributed by atoms with E-state index in [-0.39, 0.29) is 19.0 Å². The van der Waals surface area contributed by atoms with Crippen LogP contribution in [0.2, 0.25) is 0 Å². The van der Waals surface area contributed by atoms with Gasteiger partial charge in [-0.25, -0.2) is 8.42 Å². The Kier molecular flexibility index (Phi) is 6.13. The Hall–Kier alpha value is -1.68. The molecule has 118 valence electrons. The van der Waals surface area contributed by atoms with Crippen LogP contribution in [0.25, 0.3) is 6.08 Å². The van der Waals surface area contributed by atoms with Gasteiger partial charge in [-0.3, -0.25) is 0 Å². The zero-order valence-corrected chi connectivity index (χ0v) is 13.2. The monoisotopic (exact) mass is 320 g/mol. The third-order valence-corrected chi connectivity index (χ3v) is 5.22.